The maximum absolute atomic E-state index is 3.79. The van der Waals surface area contributed by atoms with Crippen molar-refractivity contribution in [3.05, 3.63) is 48.0 Å². The maximum atomic E-state index is 3.79. The van der Waals surface area contributed by atoms with Gasteiger partial charge in [0, 0.05) is 12.6 Å². The fraction of sp³-hybridized carbons (Fsp3) is 0.474. The molecule has 2 unspecified atom stereocenters. The predicted molar refractivity (Wildman–Crippen MR) is 86.8 cm³/mol. The lowest BCUT2D eigenvalue weighted by molar-refractivity contribution is 0.448. The van der Waals surface area contributed by atoms with E-state index in [4.69, 9.17) is 0 Å². The number of hydrogen-bond acceptors (Lipinski definition) is 1. The van der Waals surface area contributed by atoms with Crippen LogP contribution in [0.25, 0.3) is 10.8 Å². The molecule has 1 aliphatic carbocycles. The van der Waals surface area contributed by atoms with E-state index in [-0.39, 0.29) is 0 Å². The van der Waals surface area contributed by atoms with Crippen LogP contribution in [0.15, 0.2) is 42.5 Å². The number of rotatable bonds is 3. The van der Waals surface area contributed by atoms with E-state index < -0.39 is 0 Å². The summed E-state index contributed by atoms with van der Waals surface area (Å²) in [5, 5.41) is 6.53. The number of fused-ring (bicyclic) bond motifs is 1. The van der Waals surface area contributed by atoms with Crippen molar-refractivity contribution in [2.75, 3.05) is 0 Å². The second-order valence-electron chi connectivity index (χ2n) is 6.33. The molecule has 1 aliphatic rings. The summed E-state index contributed by atoms with van der Waals surface area (Å²) in [4.78, 5) is 0. The zero-order valence-electron chi connectivity index (χ0n) is 12.4. The molecule has 0 aliphatic heterocycles. The smallest absolute Gasteiger partial charge is 0.0214 e. The first-order valence-corrected chi connectivity index (χ1v) is 8.03. The summed E-state index contributed by atoms with van der Waals surface area (Å²) in [7, 11) is 0. The Morgan fingerprint density at radius 2 is 1.80 bits per heavy atom. The molecular weight excluding hydrogens is 242 g/mol. The fourth-order valence-electron chi connectivity index (χ4n) is 3.39. The van der Waals surface area contributed by atoms with Crippen molar-refractivity contribution in [2.45, 2.75) is 51.6 Å². The van der Waals surface area contributed by atoms with E-state index in [9.17, 15) is 0 Å². The molecule has 1 fully saturated rings. The average Bonchev–Trinajstić information content (AvgIpc) is 2.70. The molecule has 0 radical (unpaired) electrons. The molecule has 106 valence electrons. The van der Waals surface area contributed by atoms with Gasteiger partial charge in [0.15, 0.2) is 0 Å². The van der Waals surface area contributed by atoms with Crippen molar-refractivity contribution in [3.63, 3.8) is 0 Å². The van der Waals surface area contributed by atoms with E-state index in [1.54, 1.807) is 0 Å². The first-order chi connectivity index (χ1) is 9.83. The minimum atomic E-state index is 0.707. The van der Waals surface area contributed by atoms with Crippen LogP contribution >= 0.6 is 0 Å². The van der Waals surface area contributed by atoms with Gasteiger partial charge in [-0.25, -0.2) is 0 Å². The SMILES string of the molecule is CC1CCCC(NCc2cccc3ccccc23)CC1. The Hall–Kier alpha value is -1.34. The zero-order valence-corrected chi connectivity index (χ0v) is 12.4. The third kappa shape index (κ3) is 3.21. The largest absolute Gasteiger partial charge is 0.310 e. The van der Waals surface area contributed by atoms with E-state index in [1.807, 2.05) is 0 Å². The molecule has 2 aromatic rings. The highest BCUT2D eigenvalue weighted by Gasteiger charge is 2.15. The summed E-state index contributed by atoms with van der Waals surface area (Å²) in [5.74, 6) is 0.916. The third-order valence-corrected chi connectivity index (χ3v) is 4.72. The van der Waals surface area contributed by atoms with Crippen LogP contribution in [-0.2, 0) is 6.54 Å². The first kappa shape index (κ1) is 13.6. The van der Waals surface area contributed by atoms with Crippen molar-refractivity contribution in [3.8, 4) is 0 Å². The quantitative estimate of drug-likeness (QED) is 0.780. The van der Waals surface area contributed by atoms with Gasteiger partial charge < -0.3 is 5.32 Å². The van der Waals surface area contributed by atoms with Crippen LogP contribution in [0.4, 0.5) is 0 Å². The molecule has 0 heterocycles. The van der Waals surface area contributed by atoms with Crippen molar-refractivity contribution in [1.82, 2.24) is 5.32 Å². The van der Waals surface area contributed by atoms with Crippen LogP contribution in [-0.4, -0.2) is 6.04 Å². The standard InChI is InChI=1S/C19H25N/c1-15-6-4-10-18(13-12-15)20-14-17-9-5-8-16-7-2-3-11-19(16)17/h2-3,5,7-9,11,15,18,20H,4,6,10,12-14H2,1H3. The summed E-state index contributed by atoms with van der Waals surface area (Å²) in [5.41, 5.74) is 1.43. The Kier molecular flexibility index (Phi) is 4.37. The first-order valence-electron chi connectivity index (χ1n) is 8.03. The normalized spacial score (nSPS) is 23.6. The van der Waals surface area contributed by atoms with Gasteiger partial charge in [-0.05, 0) is 41.5 Å². The van der Waals surface area contributed by atoms with Crippen LogP contribution in [0.2, 0.25) is 0 Å². The lowest BCUT2D eigenvalue weighted by Crippen LogP contribution is -2.28. The summed E-state index contributed by atoms with van der Waals surface area (Å²) < 4.78 is 0. The van der Waals surface area contributed by atoms with E-state index in [1.165, 1.54) is 48.4 Å². The summed E-state index contributed by atoms with van der Waals surface area (Å²) in [6.45, 7) is 3.40. The van der Waals surface area contributed by atoms with Crippen LogP contribution in [0.1, 0.15) is 44.6 Å². The monoisotopic (exact) mass is 267 g/mol. The van der Waals surface area contributed by atoms with Gasteiger partial charge in [0.05, 0.1) is 0 Å². The molecule has 1 heteroatoms. The van der Waals surface area contributed by atoms with Crippen LogP contribution in [0, 0.1) is 5.92 Å². The zero-order chi connectivity index (χ0) is 13.8. The van der Waals surface area contributed by atoms with E-state index in [2.05, 4.69) is 54.7 Å². The van der Waals surface area contributed by atoms with Crippen LogP contribution in [0.5, 0.6) is 0 Å². The lowest BCUT2D eigenvalue weighted by atomic mass is 10.0. The number of nitrogens with one attached hydrogen (secondary N) is 1. The molecule has 0 amide bonds. The topological polar surface area (TPSA) is 12.0 Å². The van der Waals surface area contributed by atoms with Crippen molar-refractivity contribution in [1.29, 1.82) is 0 Å². The summed E-state index contributed by atoms with van der Waals surface area (Å²) in [6.07, 6.45) is 6.86. The number of hydrogen-bond donors (Lipinski definition) is 1. The Morgan fingerprint density at radius 3 is 2.75 bits per heavy atom. The Balaban J connectivity index is 1.67. The molecule has 0 bridgehead atoms. The molecule has 20 heavy (non-hydrogen) atoms. The fourth-order valence-corrected chi connectivity index (χ4v) is 3.39. The second kappa shape index (κ2) is 6.41. The van der Waals surface area contributed by atoms with Gasteiger partial charge in [-0.15, -0.1) is 0 Å². The molecular formula is C19H25N. The third-order valence-electron chi connectivity index (χ3n) is 4.72. The highest BCUT2D eigenvalue weighted by atomic mass is 14.9. The minimum absolute atomic E-state index is 0.707. The minimum Gasteiger partial charge on any atom is -0.310 e. The lowest BCUT2D eigenvalue weighted by Gasteiger charge is -2.17. The summed E-state index contributed by atoms with van der Waals surface area (Å²) >= 11 is 0. The predicted octanol–water partition coefficient (Wildman–Crippen LogP) is 4.90. The van der Waals surface area contributed by atoms with Gasteiger partial charge in [-0.2, -0.15) is 0 Å². The number of benzene rings is 2. The Morgan fingerprint density at radius 1 is 0.950 bits per heavy atom. The molecule has 1 nitrogen and oxygen atoms in total. The van der Waals surface area contributed by atoms with Gasteiger partial charge in [0.1, 0.15) is 0 Å². The second-order valence-corrected chi connectivity index (χ2v) is 6.33. The van der Waals surface area contributed by atoms with Gasteiger partial charge in [0.2, 0.25) is 0 Å². The van der Waals surface area contributed by atoms with Crippen molar-refractivity contribution >= 4 is 10.8 Å². The van der Waals surface area contributed by atoms with E-state index in [0.29, 0.717) is 6.04 Å². The molecule has 1 saturated carbocycles. The highest BCUT2D eigenvalue weighted by molar-refractivity contribution is 5.85. The molecule has 0 saturated heterocycles. The van der Waals surface area contributed by atoms with Gasteiger partial charge in [0.25, 0.3) is 0 Å². The van der Waals surface area contributed by atoms with Gasteiger partial charge >= 0.3 is 0 Å². The molecule has 0 aromatic heterocycles. The molecule has 3 rings (SSSR count). The van der Waals surface area contributed by atoms with Gasteiger partial charge in [-0.1, -0.05) is 62.2 Å². The summed E-state index contributed by atoms with van der Waals surface area (Å²) in [6, 6.07) is 16.0. The Bertz CT molecular complexity index is 555. The molecule has 2 aromatic carbocycles. The van der Waals surface area contributed by atoms with E-state index in [0.717, 1.165) is 12.5 Å². The van der Waals surface area contributed by atoms with Gasteiger partial charge in [-0.3, -0.25) is 0 Å². The molecule has 2 atom stereocenters. The van der Waals surface area contributed by atoms with Crippen molar-refractivity contribution < 1.29 is 0 Å². The Labute approximate surface area is 122 Å². The average molecular weight is 267 g/mol. The maximum Gasteiger partial charge on any atom is 0.0214 e. The van der Waals surface area contributed by atoms with E-state index >= 15 is 0 Å². The highest BCUT2D eigenvalue weighted by Crippen LogP contribution is 2.23. The van der Waals surface area contributed by atoms with Crippen LogP contribution < -0.4 is 5.32 Å². The van der Waals surface area contributed by atoms with Crippen molar-refractivity contribution in [2.24, 2.45) is 5.92 Å². The molecule has 1 N–H and O–H groups in total. The van der Waals surface area contributed by atoms with Crippen LogP contribution in [0.3, 0.4) is 0 Å². The molecule has 0 spiro atoms.